The average Bonchev–Trinajstić information content (AvgIpc) is 2.41. The fourth-order valence-corrected chi connectivity index (χ4v) is 3.34. The third-order valence-corrected chi connectivity index (χ3v) is 4.99. The third-order valence-electron chi connectivity index (χ3n) is 2.67. The molecule has 3 nitrogen and oxygen atoms in total. The molecule has 0 saturated carbocycles. The van der Waals surface area contributed by atoms with Crippen LogP contribution in [0.5, 0.6) is 0 Å². The first-order valence-corrected chi connectivity index (χ1v) is 8.71. The minimum atomic E-state index is -0.116. The maximum Gasteiger partial charge on any atom is 0.265 e. The molecule has 106 valence electrons. The number of aromatic amines is 1. The van der Waals surface area contributed by atoms with E-state index in [1.54, 1.807) is 11.8 Å². The summed E-state index contributed by atoms with van der Waals surface area (Å²) in [5.41, 5.74) is 0.690. The molecule has 0 unspecified atom stereocenters. The molecule has 0 amide bonds. The van der Waals surface area contributed by atoms with Crippen LogP contribution in [0, 0.1) is 0 Å². The lowest BCUT2D eigenvalue weighted by atomic mass is 10.1. The SMILES string of the molecule is CC(C)c1nc(CSc2ccc(Br)cc2)[nH]c(=O)c1Br. The highest BCUT2D eigenvalue weighted by Crippen LogP contribution is 2.24. The summed E-state index contributed by atoms with van der Waals surface area (Å²) in [5.74, 6) is 1.56. The molecule has 1 heterocycles. The molecule has 2 rings (SSSR count). The highest BCUT2D eigenvalue weighted by atomic mass is 79.9. The Kier molecular flexibility index (Phi) is 5.46. The van der Waals surface area contributed by atoms with E-state index in [-0.39, 0.29) is 11.5 Å². The van der Waals surface area contributed by atoms with Gasteiger partial charge in [0.15, 0.2) is 0 Å². The number of thioether (sulfide) groups is 1. The van der Waals surface area contributed by atoms with Gasteiger partial charge in [-0.3, -0.25) is 4.79 Å². The van der Waals surface area contributed by atoms with Gasteiger partial charge < -0.3 is 4.98 Å². The number of hydrogen-bond acceptors (Lipinski definition) is 3. The highest BCUT2D eigenvalue weighted by Gasteiger charge is 2.12. The molecule has 0 saturated heterocycles. The van der Waals surface area contributed by atoms with Gasteiger partial charge in [-0.15, -0.1) is 11.8 Å². The Morgan fingerprint density at radius 2 is 1.90 bits per heavy atom. The molecule has 1 aromatic carbocycles. The smallest absolute Gasteiger partial charge is 0.265 e. The van der Waals surface area contributed by atoms with Crippen molar-refractivity contribution < 1.29 is 0 Å². The Hall–Kier alpha value is -0.590. The number of nitrogens with zero attached hydrogens (tertiary/aromatic N) is 1. The molecule has 0 aliphatic rings. The van der Waals surface area contributed by atoms with Gasteiger partial charge in [-0.05, 0) is 46.1 Å². The third kappa shape index (κ3) is 3.96. The molecular weight excluding hydrogens is 404 g/mol. The summed E-state index contributed by atoms with van der Waals surface area (Å²) >= 11 is 8.36. The van der Waals surface area contributed by atoms with Gasteiger partial charge in [0.25, 0.3) is 5.56 Å². The van der Waals surface area contributed by atoms with Crippen LogP contribution in [0.15, 0.2) is 42.9 Å². The van der Waals surface area contributed by atoms with Gasteiger partial charge in [0, 0.05) is 9.37 Å². The van der Waals surface area contributed by atoms with Gasteiger partial charge >= 0.3 is 0 Å². The summed E-state index contributed by atoms with van der Waals surface area (Å²) in [7, 11) is 0. The van der Waals surface area contributed by atoms with Crippen molar-refractivity contribution in [2.24, 2.45) is 0 Å². The van der Waals surface area contributed by atoms with Crippen LogP contribution in [0.2, 0.25) is 0 Å². The Morgan fingerprint density at radius 1 is 1.25 bits per heavy atom. The van der Waals surface area contributed by atoms with E-state index in [2.05, 4.69) is 41.8 Å². The summed E-state index contributed by atoms with van der Waals surface area (Å²) in [5, 5.41) is 0. The van der Waals surface area contributed by atoms with E-state index in [1.165, 1.54) is 0 Å². The maximum absolute atomic E-state index is 11.9. The molecule has 0 radical (unpaired) electrons. The zero-order valence-electron chi connectivity index (χ0n) is 11.1. The van der Waals surface area contributed by atoms with Crippen molar-refractivity contribution in [1.82, 2.24) is 9.97 Å². The minimum Gasteiger partial charge on any atom is -0.309 e. The largest absolute Gasteiger partial charge is 0.309 e. The summed E-state index contributed by atoms with van der Waals surface area (Å²) in [6, 6.07) is 8.07. The van der Waals surface area contributed by atoms with E-state index in [9.17, 15) is 4.79 Å². The fraction of sp³-hybridized carbons (Fsp3) is 0.286. The summed E-state index contributed by atoms with van der Waals surface area (Å²) in [6.45, 7) is 4.05. The van der Waals surface area contributed by atoms with Gasteiger partial charge in [-0.1, -0.05) is 29.8 Å². The van der Waals surface area contributed by atoms with Crippen molar-refractivity contribution in [3.05, 3.63) is 55.1 Å². The van der Waals surface area contributed by atoms with E-state index in [0.717, 1.165) is 15.1 Å². The van der Waals surface area contributed by atoms with Crippen molar-refractivity contribution >= 4 is 43.6 Å². The minimum absolute atomic E-state index is 0.116. The van der Waals surface area contributed by atoms with E-state index in [0.29, 0.717) is 16.0 Å². The topological polar surface area (TPSA) is 45.8 Å². The van der Waals surface area contributed by atoms with Gasteiger partial charge in [-0.25, -0.2) is 4.98 Å². The Balaban J connectivity index is 2.17. The molecule has 1 N–H and O–H groups in total. The van der Waals surface area contributed by atoms with Crippen molar-refractivity contribution in [2.45, 2.75) is 30.4 Å². The Labute approximate surface area is 138 Å². The number of halogens is 2. The average molecular weight is 418 g/mol. The van der Waals surface area contributed by atoms with Crippen LogP contribution in [0.1, 0.15) is 31.3 Å². The number of rotatable bonds is 4. The molecule has 6 heteroatoms. The first kappa shape index (κ1) is 15.8. The molecule has 0 atom stereocenters. The standard InChI is InChI=1S/C14H14Br2N2OS/c1-8(2)13-12(16)14(19)18-11(17-13)7-20-10-5-3-9(15)4-6-10/h3-6,8H,7H2,1-2H3,(H,17,18,19). The molecular formula is C14H14Br2N2OS. The number of benzene rings is 1. The number of hydrogen-bond donors (Lipinski definition) is 1. The molecule has 2 aromatic rings. The molecule has 0 aliphatic heterocycles. The van der Waals surface area contributed by atoms with Crippen LogP contribution in [-0.4, -0.2) is 9.97 Å². The lowest BCUT2D eigenvalue weighted by Crippen LogP contribution is -2.16. The van der Waals surface area contributed by atoms with Crippen LogP contribution in [0.3, 0.4) is 0 Å². The van der Waals surface area contributed by atoms with Crippen LogP contribution in [-0.2, 0) is 5.75 Å². The normalized spacial score (nSPS) is 11.1. The monoisotopic (exact) mass is 416 g/mol. The Bertz CT molecular complexity index is 653. The zero-order valence-corrected chi connectivity index (χ0v) is 15.1. The molecule has 0 fully saturated rings. The number of H-pyrrole nitrogens is 1. The predicted molar refractivity (Wildman–Crippen MR) is 90.3 cm³/mol. The second-order valence-corrected chi connectivity index (χ2v) is 7.37. The van der Waals surface area contributed by atoms with Gasteiger partial charge in [0.2, 0.25) is 0 Å². The molecule has 0 spiro atoms. The summed E-state index contributed by atoms with van der Waals surface area (Å²) < 4.78 is 1.59. The van der Waals surface area contributed by atoms with E-state index < -0.39 is 0 Å². The summed E-state index contributed by atoms with van der Waals surface area (Å²) in [6.07, 6.45) is 0. The molecule has 1 aromatic heterocycles. The maximum atomic E-state index is 11.9. The van der Waals surface area contributed by atoms with E-state index >= 15 is 0 Å². The van der Waals surface area contributed by atoms with Crippen LogP contribution < -0.4 is 5.56 Å². The van der Waals surface area contributed by atoms with Crippen molar-refractivity contribution in [3.8, 4) is 0 Å². The van der Waals surface area contributed by atoms with Crippen LogP contribution >= 0.6 is 43.6 Å². The molecule has 20 heavy (non-hydrogen) atoms. The van der Waals surface area contributed by atoms with E-state index in [1.807, 2.05) is 38.1 Å². The zero-order chi connectivity index (χ0) is 14.7. The highest BCUT2D eigenvalue weighted by molar-refractivity contribution is 9.10. The second kappa shape index (κ2) is 6.91. The van der Waals surface area contributed by atoms with Gasteiger partial charge in [-0.2, -0.15) is 0 Å². The summed E-state index contributed by atoms with van der Waals surface area (Å²) in [4.78, 5) is 20.3. The first-order chi connectivity index (χ1) is 9.47. The predicted octanol–water partition coefficient (Wildman–Crippen LogP) is 4.71. The lowest BCUT2D eigenvalue weighted by molar-refractivity contribution is 0.784. The van der Waals surface area contributed by atoms with Crippen LogP contribution in [0.25, 0.3) is 0 Å². The first-order valence-electron chi connectivity index (χ1n) is 6.14. The number of nitrogens with one attached hydrogen (secondary N) is 1. The van der Waals surface area contributed by atoms with Crippen molar-refractivity contribution in [1.29, 1.82) is 0 Å². The fourth-order valence-electron chi connectivity index (χ4n) is 1.66. The van der Waals surface area contributed by atoms with Crippen molar-refractivity contribution in [3.63, 3.8) is 0 Å². The van der Waals surface area contributed by atoms with Gasteiger partial charge in [0.05, 0.1) is 11.4 Å². The second-order valence-electron chi connectivity index (χ2n) is 4.61. The quantitative estimate of drug-likeness (QED) is 0.732. The molecule has 0 bridgehead atoms. The molecule has 0 aliphatic carbocycles. The van der Waals surface area contributed by atoms with Crippen molar-refractivity contribution in [2.75, 3.05) is 0 Å². The number of aromatic nitrogens is 2. The van der Waals surface area contributed by atoms with Crippen LogP contribution in [0.4, 0.5) is 0 Å². The van der Waals surface area contributed by atoms with Gasteiger partial charge in [0.1, 0.15) is 10.3 Å². The van der Waals surface area contributed by atoms with E-state index in [4.69, 9.17) is 0 Å². The Morgan fingerprint density at radius 3 is 2.50 bits per heavy atom. The lowest BCUT2D eigenvalue weighted by Gasteiger charge is -2.09.